The third-order valence-corrected chi connectivity index (χ3v) is 3.53. The molecule has 19 heavy (non-hydrogen) atoms. The number of hydrogen-bond donors (Lipinski definition) is 1. The van der Waals surface area contributed by atoms with Crippen molar-refractivity contribution in [3.63, 3.8) is 0 Å². The monoisotopic (exact) mass is 282 g/mol. The van der Waals surface area contributed by atoms with Crippen molar-refractivity contribution in [3.8, 4) is 0 Å². The molecule has 0 aromatic heterocycles. The first kappa shape index (κ1) is 16.0. The predicted octanol–water partition coefficient (Wildman–Crippen LogP) is 2.41. The Morgan fingerprint density at radius 2 is 1.95 bits per heavy atom. The Hall–Kier alpha value is -1.06. The smallest absolute Gasteiger partial charge is 0.222 e. The van der Waals surface area contributed by atoms with Crippen molar-refractivity contribution in [2.75, 3.05) is 13.1 Å². The average molecular weight is 283 g/mol. The van der Waals surface area contributed by atoms with E-state index in [0.29, 0.717) is 18.9 Å². The number of amides is 1. The van der Waals surface area contributed by atoms with Gasteiger partial charge in [0, 0.05) is 31.5 Å². The van der Waals surface area contributed by atoms with E-state index < -0.39 is 0 Å². The lowest BCUT2D eigenvalue weighted by molar-refractivity contribution is -0.130. The van der Waals surface area contributed by atoms with Crippen LogP contribution in [-0.2, 0) is 4.79 Å². The summed E-state index contributed by atoms with van der Waals surface area (Å²) in [4.78, 5) is 14.0. The second kappa shape index (κ2) is 6.92. The van der Waals surface area contributed by atoms with Gasteiger partial charge in [-0.1, -0.05) is 44.2 Å². The largest absolute Gasteiger partial charge is 0.340 e. The van der Waals surface area contributed by atoms with Gasteiger partial charge in [-0.15, -0.1) is 12.4 Å². The van der Waals surface area contributed by atoms with Gasteiger partial charge in [0.1, 0.15) is 0 Å². The molecule has 2 atom stereocenters. The minimum Gasteiger partial charge on any atom is -0.340 e. The highest BCUT2D eigenvalue weighted by Crippen LogP contribution is 2.27. The highest BCUT2D eigenvalue weighted by molar-refractivity contribution is 5.85. The average Bonchev–Trinajstić information content (AvgIpc) is 2.72. The van der Waals surface area contributed by atoms with E-state index in [4.69, 9.17) is 5.73 Å². The van der Waals surface area contributed by atoms with Crippen LogP contribution in [0.3, 0.4) is 0 Å². The van der Waals surface area contributed by atoms with Crippen LogP contribution in [-0.4, -0.2) is 29.9 Å². The molecule has 1 fully saturated rings. The maximum Gasteiger partial charge on any atom is 0.222 e. The third kappa shape index (κ3) is 3.95. The van der Waals surface area contributed by atoms with Gasteiger partial charge in [0.05, 0.1) is 0 Å². The molecule has 1 aromatic rings. The first-order valence-electron chi connectivity index (χ1n) is 6.66. The van der Waals surface area contributed by atoms with Gasteiger partial charge in [-0.2, -0.15) is 0 Å². The van der Waals surface area contributed by atoms with E-state index in [9.17, 15) is 4.79 Å². The first-order valence-corrected chi connectivity index (χ1v) is 6.66. The Morgan fingerprint density at radius 1 is 1.32 bits per heavy atom. The minimum atomic E-state index is 0. The third-order valence-electron chi connectivity index (χ3n) is 3.53. The number of nitrogens with two attached hydrogens (primary N) is 1. The van der Waals surface area contributed by atoms with Crippen LogP contribution in [0, 0.1) is 5.92 Å². The Kier molecular flexibility index (Phi) is 5.83. The van der Waals surface area contributed by atoms with Gasteiger partial charge in [0.2, 0.25) is 5.91 Å². The molecule has 3 nitrogen and oxygen atoms in total. The molecule has 0 aliphatic carbocycles. The Balaban J connectivity index is 0.00000180. The van der Waals surface area contributed by atoms with Gasteiger partial charge >= 0.3 is 0 Å². The van der Waals surface area contributed by atoms with E-state index in [1.807, 2.05) is 23.1 Å². The molecule has 0 bridgehead atoms. The summed E-state index contributed by atoms with van der Waals surface area (Å²) in [7, 11) is 0. The van der Waals surface area contributed by atoms with Crippen molar-refractivity contribution >= 4 is 18.3 Å². The van der Waals surface area contributed by atoms with E-state index >= 15 is 0 Å². The second-order valence-electron chi connectivity index (χ2n) is 5.58. The number of carbonyl (C=O) groups is 1. The normalized spacial score (nSPS) is 22.4. The van der Waals surface area contributed by atoms with Crippen molar-refractivity contribution in [2.24, 2.45) is 11.7 Å². The molecule has 1 heterocycles. The topological polar surface area (TPSA) is 46.3 Å². The van der Waals surface area contributed by atoms with E-state index in [0.717, 1.165) is 6.54 Å². The van der Waals surface area contributed by atoms with E-state index in [-0.39, 0.29) is 30.3 Å². The Bertz CT molecular complexity index is 408. The lowest BCUT2D eigenvalue weighted by atomic mass is 9.95. The van der Waals surface area contributed by atoms with Crippen LogP contribution >= 0.6 is 12.4 Å². The fourth-order valence-corrected chi connectivity index (χ4v) is 2.56. The van der Waals surface area contributed by atoms with E-state index in [1.165, 1.54) is 5.56 Å². The fraction of sp³-hybridized carbons (Fsp3) is 0.533. The number of benzene rings is 1. The summed E-state index contributed by atoms with van der Waals surface area (Å²) < 4.78 is 0. The summed E-state index contributed by atoms with van der Waals surface area (Å²) in [6, 6.07) is 10.3. The summed E-state index contributed by atoms with van der Waals surface area (Å²) in [6.07, 6.45) is 0.619. The van der Waals surface area contributed by atoms with Crippen LogP contribution in [0.1, 0.15) is 31.7 Å². The molecule has 106 valence electrons. The zero-order chi connectivity index (χ0) is 13.1. The number of nitrogens with zero attached hydrogens (tertiary/aromatic N) is 1. The summed E-state index contributed by atoms with van der Waals surface area (Å²) in [5.74, 6) is 0.922. The summed E-state index contributed by atoms with van der Waals surface area (Å²) in [5, 5.41) is 0. The summed E-state index contributed by atoms with van der Waals surface area (Å²) >= 11 is 0. The van der Waals surface area contributed by atoms with Crippen molar-refractivity contribution in [1.82, 2.24) is 4.90 Å². The number of likely N-dealkylation sites (tertiary alicyclic amines) is 1. The van der Waals surface area contributed by atoms with Crippen LogP contribution in [0.25, 0.3) is 0 Å². The zero-order valence-electron chi connectivity index (χ0n) is 11.6. The van der Waals surface area contributed by atoms with Gasteiger partial charge in [0.15, 0.2) is 0 Å². The molecule has 0 unspecified atom stereocenters. The predicted molar refractivity (Wildman–Crippen MR) is 80.4 cm³/mol. The van der Waals surface area contributed by atoms with Crippen molar-refractivity contribution in [3.05, 3.63) is 35.9 Å². The van der Waals surface area contributed by atoms with Crippen LogP contribution in [0.2, 0.25) is 0 Å². The molecular formula is C15H23ClN2O. The van der Waals surface area contributed by atoms with Gasteiger partial charge in [-0.25, -0.2) is 0 Å². The zero-order valence-corrected chi connectivity index (χ0v) is 12.4. The lowest BCUT2D eigenvalue weighted by Crippen LogP contribution is -2.32. The molecule has 1 aromatic carbocycles. The standard InChI is InChI=1S/C15H22N2O.ClH/c1-11(2)8-15(18)17-9-13(14(16)10-17)12-6-4-3-5-7-12;/h3-7,11,13-14H,8-10,16H2,1-2H3;1H/t13-,14+;/m0./s1. The van der Waals surface area contributed by atoms with Crippen LogP contribution in [0.5, 0.6) is 0 Å². The molecule has 1 aliphatic rings. The van der Waals surface area contributed by atoms with E-state index in [1.54, 1.807) is 0 Å². The van der Waals surface area contributed by atoms with Crippen LogP contribution in [0.4, 0.5) is 0 Å². The molecule has 0 radical (unpaired) electrons. The summed E-state index contributed by atoms with van der Waals surface area (Å²) in [6.45, 7) is 5.59. The maximum absolute atomic E-state index is 12.0. The minimum absolute atomic E-state index is 0. The molecule has 1 amide bonds. The highest BCUT2D eigenvalue weighted by atomic mass is 35.5. The van der Waals surface area contributed by atoms with Gasteiger partial charge in [0.25, 0.3) is 0 Å². The number of halogens is 1. The van der Waals surface area contributed by atoms with Crippen molar-refractivity contribution in [1.29, 1.82) is 0 Å². The van der Waals surface area contributed by atoms with Gasteiger partial charge in [-0.3, -0.25) is 4.79 Å². The number of hydrogen-bond acceptors (Lipinski definition) is 2. The van der Waals surface area contributed by atoms with E-state index in [2.05, 4.69) is 26.0 Å². The lowest BCUT2D eigenvalue weighted by Gasteiger charge is -2.17. The van der Waals surface area contributed by atoms with Crippen LogP contribution < -0.4 is 5.73 Å². The second-order valence-corrected chi connectivity index (χ2v) is 5.58. The van der Waals surface area contributed by atoms with Gasteiger partial charge < -0.3 is 10.6 Å². The van der Waals surface area contributed by atoms with Crippen molar-refractivity contribution < 1.29 is 4.79 Å². The Morgan fingerprint density at radius 3 is 2.53 bits per heavy atom. The van der Waals surface area contributed by atoms with Crippen molar-refractivity contribution in [2.45, 2.75) is 32.2 Å². The van der Waals surface area contributed by atoms with Crippen LogP contribution in [0.15, 0.2) is 30.3 Å². The molecule has 1 saturated heterocycles. The maximum atomic E-state index is 12.0. The molecule has 4 heteroatoms. The Labute approximate surface area is 121 Å². The number of carbonyl (C=O) groups excluding carboxylic acids is 1. The highest BCUT2D eigenvalue weighted by Gasteiger charge is 2.33. The first-order chi connectivity index (χ1) is 8.58. The van der Waals surface area contributed by atoms with Gasteiger partial charge in [-0.05, 0) is 11.5 Å². The molecule has 0 spiro atoms. The molecule has 2 N–H and O–H groups in total. The SMILES string of the molecule is CC(C)CC(=O)N1C[C@@H](N)[C@H](c2ccccc2)C1.Cl. The summed E-state index contributed by atoms with van der Waals surface area (Å²) in [5.41, 5.74) is 7.42. The quantitative estimate of drug-likeness (QED) is 0.925. The molecule has 1 aliphatic heterocycles. The number of rotatable bonds is 3. The molecule has 2 rings (SSSR count). The molecular weight excluding hydrogens is 260 g/mol. The fourth-order valence-electron chi connectivity index (χ4n) is 2.56. The molecule has 0 saturated carbocycles.